The summed E-state index contributed by atoms with van der Waals surface area (Å²) in [5.74, 6) is -1.76. The molecule has 0 aliphatic carbocycles. The number of hydrogen-bond donors (Lipinski definition) is 2. The summed E-state index contributed by atoms with van der Waals surface area (Å²) in [6.45, 7) is 0.807. The standard InChI is InChI=1S/C27H25FN4O5S/c28-18-7-9-19(10-8-18)30-25(34)16-32-26(35)23(38-27(32)36)12-17-14-31(22-6-2-1-5-21(17)22)15-24(33)29-13-20-4-3-11-37-20/h1-2,5-10,12,14,20H,3-4,11,13,15-16H2,(H,29,33)(H,30,34)/b23-12-/t20-/m1/s1. The zero-order valence-electron chi connectivity index (χ0n) is 20.3. The van der Waals surface area contributed by atoms with Crippen molar-refractivity contribution < 1.29 is 28.3 Å². The van der Waals surface area contributed by atoms with E-state index in [2.05, 4.69) is 10.6 Å². The van der Waals surface area contributed by atoms with Crippen molar-refractivity contribution in [3.63, 3.8) is 0 Å². The molecule has 0 radical (unpaired) electrons. The third-order valence-corrected chi connectivity index (χ3v) is 7.18. The van der Waals surface area contributed by atoms with Gasteiger partial charge in [0.2, 0.25) is 11.8 Å². The van der Waals surface area contributed by atoms with Gasteiger partial charge in [-0.15, -0.1) is 0 Å². The van der Waals surface area contributed by atoms with Crippen molar-refractivity contribution in [3.8, 4) is 0 Å². The maximum Gasteiger partial charge on any atom is 0.294 e. The number of rotatable bonds is 8. The Labute approximate surface area is 222 Å². The molecule has 0 bridgehead atoms. The van der Waals surface area contributed by atoms with Crippen LogP contribution in [0.3, 0.4) is 0 Å². The number of benzene rings is 2. The Bertz CT molecular complexity index is 1430. The Kier molecular flexibility index (Phi) is 7.57. The normalized spacial score (nSPS) is 18.5. The fourth-order valence-corrected chi connectivity index (χ4v) is 5.25. The van der Waals surface area contributed by atoms with Gasteiger partial charge in [0.25, 0.3) is 11.1 Å². The molecule has 38 heavy (non-hydrogen) atoms. The molecule has 2 fully saturated rings. The predicted octanol–water partition coefficient (Wildman–Crippen LogP) is 3.75. The molecule has 3 heterocycles. The minimum Gasteiger partial charge on any atom is -0.376 e. The molecule has 2 aliphatic rings. The van der Waals surface area contributed by atoms with E-state index in [-0.39, 0.29) is 23.5 Å². The Morgan fingerprint density at radius 3 is 2.63 bits per heavy atom. The molecular formula is C27H25FN4O5S. The van der Waals surface area contributed by atoms with Gasteiger partial charge >= 0.3 is 0 Å². The second-order valence-electron chi connectivity index (χ2n) is 8.99. The van der Waals surface area contributed by atoms with Crippen molar-refractivity contribution in [1.29, 1.82) is 0 Å². The highest BCUT2D eigenvalue weighted by Crippen LogP contribution is 2.34. The number of carbonyl (C=O) groups excluding carboxylic acids is 4. The molecule has 196 valence electrons. The Morgan fingerprint density at radius 1 is 1.08 bits per heavy atom. The first-order valence-corrected chi connectivity index (χ1v) is 13.0. The zero-order valence-corrected chi connectivity index (χ0v) is 21.1. The lowest BCUT2D eigenvalue weighted by Crippen LogP contribution is -2.36. The lowest BCUT2D eigenvalue weighted by atomic mass is 10.1. The molecule has 9 nitrogen and oxygen atoms in total. The molecule has 2 aliphatic heterocycles. The minimum absolute atomic E-state index is 0.0457. The van der Waals surface area contributed by atoms with E-state index in [1.54, 1.807) is 16.8 Å². The molecule has 2 aromatic carbocycles. The van der Waals surface area contributed by atoms with Crippen LogP contribution in [-0.4, -0.2) is 58.2 Å². The minimum atomic E-state index is -0.583. The van der Waals surface area contributed by atoms with E-state index in [9.17, 15) is 23.6 Å². The van der Waals surface area contributed by atoms with Gasteiger partial charge in [-0.1, -0.05) is 18.2 Å². The number of imide groups is 1. The van der Waals surface area contributed by atoms with Crippen LogP contribution >= 0.6 is 11.8 Å². The van der Waals surface area contributed by atoms with Crippen LogP contribution in [0.1, 0.15) is 18.4 Å². The Balaban J connectivity index is 1.29. The third-order valence-electron chi connectivity index (χ3n) is 6.27. The highest BCUT2D eigenvalue weighted by atomic mass is 32.2. The van der Waals surface area contributed by atoms with Crippen molar-refractivity contribution in [2.24, 2.45) is 0 Å². The second-order valence-corrected chi connectivity index (χ2v) is 9.98. The molecule has 3 aromatic rings. The molecule has 2 saturated heterocycles. The van der Waals surface area contributed by atoms with Gasteiger partial charge in [-0.2, -0.15) is 0 Å². The number of aromatic nitrogens is 1. The first-order valence-electron chi connectivity index (χ1n) is 12.1. The van der Waals surface area contributed by atoms with Gasteiger partial charge in [0.1, 0.15) is 18.9 Å². The monoisotopic (exact) mass is 536 g/mol. The van der Waals surface area contributed by atoms with E-state index in [4.69, 9.17) is 4.74 Å². The topological polar surface area (TPSA) is 110 Å². The number of fused-ring (bicyclic) bond motifs is 1. The number of para-hydroxylation sites is 1. The molecule has 2 N–H and O–H groups in total. The highest BCUT2D eigenvalue weighted by molar-refractivity contribution is 8.18. The molecule has 0 unspecified atom stereocenters. The van der Waals surface area contributed by atoms with Gasteiger partial charge in [0, 0.05) is 41.5 Å². The second kappa shape index (κ2) is 11.2. The number of anilines is 1. The summed E-state index contributed by atoms with van der Waals surface area (Å²) in [5, 5.41) is 5.71. The molecule has 1 atom stereocenters. The summed E-state index contributed by atoms with van der Waals surface area (Å²) in [5.41, 5.74) is 1.84. The van der Waals surface area contributed by atoms with Crippen molar-refractivity contribution in [3.05, 3.63) is 71.0 Å². The summed E-state index contributed by atoms with van der Waals surface area (Å²) >= 11 is 0.747. The van der Waals surface area contributed by atoms with E-state index >= 15 is 0 Å². The summed E-state index contributed by atoms with van der Waals surface area (Å²) < 4.78 is 20.4. The number of hydrogen-bond acceptors (Lipinski definition) is 6. The maximum atomic E-state index is 13.1. The summed E-state index contributed by atoms with van der Waals surface area (Å²) in [6.07, 6.45) is 5.34. The fraction of sp³-hybridized carbons (Fsp3) is 0.259. The van der Waals surface area contributed by atoms with Crippen LogP contribution in [0.15, 0.2) is 59.6 Å². The Morgan fingerprint density at radius 2 is 1.87 bits per heavy atom. The average Bonchev–Trinajstić information content (AvgIpc) is 3.61. The lowest BCUT2D eigenvalue weighted by molar-refractivity contribution is -0.127. The van der Waals surface area contributed by atoms with Gasteiger partial charge in [0.05, 0.1) is 11.0 Å². The van der Waals surface area contributed by atoms with Gasteiger partial charge in [-0.3, -0.25) is 24.1 Å². The van der Waals surface area contributed by atoms with Gasteiger partial charge in [-0.25, -0.2) is 4.39 Å². The molecule has 0 spiro atoms. The van der Waals surface area contributed by atoms with Crippen LogP contribution in [-0.2, 0) is 25.7 Å². The van der Waals surface area contributed by atoms with E-state index in [1.165, 1.54) is 24.3 Å². The predicted molar refractivity (Wildman–Crippen MR) is 142 cm³/mol. The number of thioether (sulfide) groups is 1. The van der Waals surface area contributed by atoms with E-state index < -0.39 is 29.4 Å². The maximum absolute atomic E-state index is 13.1. The zero-order chi connectivity index (χ0) is 26.6. The fourth-order valence-electron chi connectivity index (χ4n) is 4.42. The lowest BCUT2D eigenvalue weighted by Gasteiger charge is -2.12. The van der Waals surface area contributed by atoms with Crippen LogP contribution < -0.4 is 10.6 Å². The number of carbonyl (C=O) groups is 4. The average molecular weight is 537 g/mol. The van der Waals surface area contributed by atoms with Crippen molar-refractivity contribution in [1.82, 2.24) is 14.8 Å². The molecule has 4 amide bonds. The summed E-state index contributed by atoms with van der Waals surface area (Å²) in [4.78, 5) is 51.6. The number of ether oxygens (including phenoxy) is 1. The van der Waals surface area contributed by atoms with Crippen LogP contribution in [0.2, 0.25) is 0 Å². The molecule has 0 saturated carbocycles. The van der Waals surface area contributed by atoms with Crippen molar-refractivity contribution in [2.75, 3.05) is 25.0 Å². The molecule has 1 aromatic heterocycles. The van der Waals surface area contributed by atoms with Crippen molar-refractivity contribution >= 4 is 57.4 Å². The first kappa shape index (κ1) is 25.7. The van der Waals surface area contributed by atoms with Gasteiger partial charge < -0.3 is 19.9 Å². The summed E-state index contributed by atoms with van der Waals surface area (Å²) in [6, 6.07) is 12.6. The first-order chi connectivity index (χ1) is 18.4. The number of nitrogens with one attached hydrogen (secondary N) is 2. The molecule has 5 rings (SSSR count). The third kappa shape index (κ3) is 5.79. The number of halogens is 1. The van der Waals surface area contributed by atoms with Gasteiger partial charge in [0.15, 0.2) is 0 Å². The van der Waals surface area contributed by atoms with E-state index in [0.717, 1.165) is 47.0 Å². The highest BCUT2D eigenvalue weighted by Gasteiger charge is 2.36. The molecule has 11 heteroatoms. The molecular weight excluding hydrogens is 511 g/mol. The van der Waals surface area contributed by atoms with E-state index in [1.807, 2.05) is 24.3 Å². The van der Waals surface area contributed by atoms with Crippen LogP contribution in [0.25, 0.3) is 17.0 Å². The summed E-state index contributed by atoms with van der Waals surface area (Å²) in [7, 11) is 0. The number of nitrogens with zero attached hydrogens (tertiary/aromatic N) is 2. The van der Waals surface area contributed by atoms with Crippen LogP contribution in [0.5, 0.6) is 0 Å². The smallest absolute Gasteiger partial charge is 0.294 e. The van der Waals surface area contributed by atoms with Crippen LogP contribution in [0, 0.1) is 5.82 Å². The largest absolute Gasteiger partial charge is 0.376 e. The Hall–Kier alpha value is -3.96. The van der Waals surface area contributed by atoms with Gasteiger partial charge in [-0.05, 0) is 61.0 Å². The van der Waals surface area contributed by atoms with E-state index in [0.29, 0.717) is 17.8 Å². The quantitative estimate of drug-likeness (QED) is 0.425. The van der Waals surface area contributed by atoms with Crippen LogP contribution in [0.4, 0.5) is 14.9 Å². The number of amides is 4. The van der Waals surface area contributed by atoms with Crippen molar-refractivity contribution in [2.45, 2.75) is 25.5 Å². The SMILES string of the molecule is O=C(Cn1cc(/C=C2\SC(=O)N(CC(=O)Nc3ccc(F)cc3)C2=O)c2ccccc21)NC[C@H]1CCCO1.